The number of rotatable bonds is 6. The summed E-state index contributed by atoms with van der Waals surface area (Å²) in [4.78, 5) is 27.5. The number of hydrogen-bond acceptors (Lipinski definition) is 4. The largest absolute Gasteiger partial charge is 0.480 e. The van der Waals surface area contributed by atoms with E-state index in [2.05, 4.69) is 15.4 Å². The van der Waals surface area contributed by atoms with Crippen LogP contribution in [0, 0.1) is 5.92 Å². The van der Waals surface area contributed by atoms with Crippen molar-refractivity contribution in [2.24, 2.45) is 5.92 Å². The smallest absolute Gasteiger partial charge is 0.326 e. The van der Waals surface area contributed by atoms with E-state index in [1.165, 1.54) is 6.20 Å². The predicted octanol–water partition coefficient (Wildman–Crippen LogP) is 1.50. The molecule has 0 spiro atoms. The highest BCUT2D eigenvalue weighted by Gasteiger charge is 2.26. The van der Waals surface area contributed by atoms with Crippen molar-refractivity contribution in [2.75, 3.05) is 0 Å². The van der Waals surface area contributed by atoms with Crippen LogP contribution in [0.1, 0.15) is 30.8 Å². The Morgan fingerprint density at radius 1 is 1.41 bits per heavy atom. The summed E-state index contributed by atoms with van der Waals surface area (Å²) in [5, 5.41) is 15.8. The molecular weight excluding hydrogens is 284 g/mol. The van der Waals surface area contributed by atoms with Crippen LogP contribution >= 0.6 is 0 Å². The summed E-state index contributed by atoms with van der Waals surface area (Å²) >= 11 is 0. The number of carboxylic acid groups (broad SMARTS) is 1. The third kappa shape index (κ3) is 3.49. The molecule has 7 nitrogen and oxygen atoms in total. The lowest BCUT2D eigenvalue weighted by molar-refractivity contribution is -0.140. The maximum absolute atomic E-state index is 12.2. The third-order valence-corrected chi connectivity index (χ3v) is 3.51. The van der Waals surface area contributed by atoms with E-state index >= 15 is 0 Å². The van der Waals surface area contributed by atoms with Gasteiger partial charge in [-0.05, 0) is 24.1 Å². The molecule has 0 unspecified atom stereocenters. The van der Waals surface area contributed by atoms with Gasteiger partial charge in [0, 0.05) is 18.6 Å². The number of pyridine rings is 1. The van der Waals surface area contributed by atoms with Crippen LogP contribution in [0.2, 0.25) is 0 Å². The summed E-state index contributed by atoms with van der Waals surface area (Å²) in [7, 11) is 0. The van der Waals surface area contributed by atoms with Crippen LogP contribution in [0.4, 0.5) is 0 Å². The number of aromatic nitrogens is 3. The highest BCUT2D eigenvalue weighted by Crippen LogP contribution is 2.11. The molecule has 2 aromatic heterocycles. The Morgan fingerprint density at radius 2 is 2.18 bits per heavy atom. The standard InChI is InChI=1S/C15H18N4O3/c1-3-10(2)13(15(21)22)18-14(20)12-9-11(5-7-16-12)19-8-4-6-17-19/h4-10,13H,3H2,1-2H3,(H,18,20)(H,21,22)/t10-,13-/m0/s1. The first-order chi connectivity index (χ1) is 10.5. The Labute approximate surface area is 128 Å². The SMILES string of the molecule is CC[C@H](C)[C@H](NC(=O)c1cc(-n2cccn2)ccn1)C(=O)O. The molecular formula is C15H18N4O3. The van der Waals surface area contributed by atoms with Crippen LogP contribution in [0.25, 0.3) is 5.69 Å². The van der Waals surface area contributed by atoms with Crippen molar-refractivity contribution in [1.29, 1.82) is 0 Å². The predicted molar refractivity (Wildman–Crippen MR) is 79.7 cm³/mol. The molecule has 0 radical (unpaired) electrons. The number of carbonyl (C=O) groups excluding carboxylic acids is 1. The summed E-state index contributed by atoms with van der Waals surface area (Å²) in [6.07, 6.45) is 5.52. The molecule has 116 valence electrons. The van der Waals surface area contributed by atoms with Gasteiger partial charge in [0.1, 0.15) is 11.7 Å². The molecule has 2 aromatic rings. The van der Waals surface area contributed by atoms with E-state index in [0.29, 0.717) is 12.1 Å². The summed E-state index contributed by atoms with van der Waals surface area (Å²) < 4.78 is 1.60. The van der Waals surface area contributed by atoms with E-state index in [9.17, 15) is 14.7 Å². The van der Waals surface area contributed by atoms with Gasteiger partial charge in [0.2, 0.25) is 0 Å². The van der Waals surface area contributed by atoms with Crippen molar-refractivity contribution in [3.05, 3.63) is 42.5 Å². The van der Waals surface area contributed by atoms with Gasteiger partial charge in [-0.2, -0.15) is 5.10 Å². The zero-order valence-electron chi connectivity index (χ0n) is 12.4. The fraction of sp³-hybridized carbons (Fsp3) is 0.333. The summed E-state index contributed by atoms with van der Waals surface area (Å²) in [6, 6.07) is 4.11. The first-order valence-corrected chi connectivity index (χ1v) is 7.02. The molecule has 2 rings (SSSR count). The second-order valence-electron chi connectivity index (χ2n) is 5.02. The van der Waals surface area contributed by atoms with Gasteiger partial charge in [-0.3, -0.25) is 9.78 Å². The molecule has 0 saturated heterocycles. The van der Waals surface area contributed by atoms with Gasteiger partial charge < -0.3 is 10.4 Å². The molecule has 2 N–H and O–H groups in total. The van der Waals surface area contributed by atoms with E-state index < -0.39 is 17.9 Å². The lowest BCUT2D eigenvalue weighted by Gasteiger charge is -2.19. The molecule has 0 saturated carbocycles. The van der Waals surface area contributed by atoms with E-state index in [0.717, 1.165) is 0 Å². The average Bonchev–Trinajstić information content (AvgIpc) is 3.06. The number of carboxylic acids is 1. The van der Waals surface area contributed by atoms with Crippen LogP contribution in [-0.2, 0) is 4.79 Å². The Balaban J connectivity index is 2.19. The first-order valence-electron chi connectivity index (χ1n) is 7.02. The van der Waals surface area contributed by atoms with Crippen LogP contribution < -0.4 is 5.32 Å². The minimum Gasteiger partial charge on any atom is -0.480 e. The fourth-order valence-corrected chi connectivity index (χ4v) is 2.01. The number of aliphatic carboxylic acids is 1. The van der Waals surface area contributed by atoms with Crippen molar-refractivity contribution in [1.82, 2.24) is 20.1 Å². The average molecular weight is 302 g/mol. The molecule has 2 atom stereocenters. The maximum Gasteiger partial charge on any atom is 0.326 e. The van der Waals surface area contributed by atoms with Crippen LogP contribution in [-0.4, -0.2) is 37.8 Å². The van der Waals surface area contributed by atoms with Gasteiger partial charge in [-0.25, -0.2) is 9.48 Å². The molecule has 0 bridgehead atoms. The molecule has 0 fully saturated rings. The van der Waals surface area contributed by atoms with Gasteiger partial charge in [0.15, 0.2) is 0 Å². The molecule has 22 heavy (non-hydrogen) atoms. The molecule has 1 amide bonds. The Hall–Kier alpha value is -2.70. The normalized spacial score (nSPS) is 13.4. The molecule has 0 aliphatic heterocycles. The lowest BCUT2D eigenvalue weighted by atomic mass is 9.99. The van der Waals surface area contributed by atoms with E-state index in [1.54, 1.807) is 42.2 Å². The molecule has 0 aliphatic carbocycles. The minimum atomic E-state index is -1.05. The minimum absolute atomic E-state index is 0.155. The summed E-state index contributed by atoms with van der Waals surface area (Å²) in [5.41, 5.74) is 0.836. The number of amides is 1. The second kappa shape index (κ2) is 6.84. The molecule has 2 heterocycles. The monoisotopic (exact) mass is 302 g/mol. The zero-order chi connectivity index (χ0) is 16.1. The van der Waals surface area contributed by atoms with Gasteiger partial charge in [0.05, 0.1) is 5.69 Å². The van der Waals surface area contributed by atoms with Crippen molar-refractivity contribution < 1.29 is 14.7 Å². The first kappa shape index (κ1) is 15.7. The lowest BCUT2D eigenvalue weighted by Crippen LogP contribution is -2.45. The van der Waals surface area contributed by atoms with Crippen molar-refractivity contribution in [2.45, 2.75) is 26.3 Å². The van der Waals surface area contributed by atoms with E-state index in [-0.39, 0.29) is 11.6 Å². The zero-order valence-corrected chi connectivity index (χ0v) is 12.4. The number of carbonyl (C=O) groups is 2. The summed E-state index contributed by atoms with van der Waals surface area (Å²) in [6.45, 7) is 3.66. The van der Waals surface area contributed by atoms with Crippen molar-refractivity contribution in [3.63, 3.8) is 0 Å². The molecule has 0 aliphatic rings. The molecule has 0 aromatic carbocycles. The highest BCUT2D eigenvalue weighted by molar-refractivity contribution is 5.95. The Kier molecular flexibility index (Phi) is 4.88. The van der Waals surface area contributed by atoms with Crippen molar-refractivity contribution in [3.8, 4) is 5.69 Å². The summed E-state index contributed by atoms with van der Waals surface area (Å²) in [5.74, 6) is -1.73. The number of nitrogens with one attached hydrogen (secondary N) is 1. The van der Waals surface area contributed by atoms with Crippen molar-refractivity contribution >= 4 is 11.9 Å². The van der Waals surface area contributed by atoms with Gasteiger partial charge >= 0.3 is 5.97 Å². The Morgan fingerprint density at radius 3 is 2.77 bits per heavy atom. The van der Waals surface area contributed by atoms with Gasteiger partial charge in [-0.15, -0.1) is 0 Å². The van der Waals surface area contributed by atoms with Crippen LogP contribution in [0.15, 0.2) is 36.8 Å². The highest BCUT2D eigenvalue weighted by atomic mass is 16.4. The number of nitrogens with zero attached hydrogens (tertiary/aromatic N) is 3. The quantitative estimate of drug-likeness (QED) is 0.842. The molecule has 7 heteroatoms. The van der Waals surface area contributed by atoms with Gasteiger partial charge in [-0.1, -0.05) is 20.3 Å². The fourth-order valence-electron chi connectivity index (χ4n) is 2.01. The number of hydrogen-bond donors (Lipinski definition) is 2. The third-order valence-electron chi connectivity index (χ3n) is 3.51. The van der Waals surface area contributed by atoms with Gasteiger partial charge in [0.25, 0.3) is 5.91 Å². The van der Waals surface area contributed by atoms with Crippen LogP contribution in [0.5, 0.6) is 0 Å². The topological polar surface area (TPSA) is 97.1 Å². The van der Waals surface area contributed by atoms with Crippen LogP contribution in [0.3, 0.4) is 0 Å². The Bertz CT molecular complexity index is 655. The maximum atomic E-state index is 12.2. The van der Waals surface area contributed by atoms with E-state index in [1.807, 2.05) is 6.92 Å². The second-order valence-corrected chi connectivity index (χ2v) is 5.02. The van der Waals surface area contributed by atoms with E-state index in [4.69, 9.17) is 0 Å².